The first-order valence-electron chi connectivity index (χ1n) is 8.07. The van der Waals surface area contributed by atoms with E-state index < -0.39 is 5.91 Å². The van der Waals surface area contributed by atoms with Crippen molar-refractivity contribution in [1.82, 2.24) is 29.9 Å². The number of benzene rings is 1. The van der Waals surface area contributed by atoms with Gasteiger partial charge in [0.15, 0.2) is 11.4 Å². The van der Waals surface area contributed by atoms with E-state index in [4.69, 9.17) is 4.42 Å². The molecule has 0 aliphatic rings. The first-order chi connectivity index (χ1) is 13.3. The molecule has 0 aliphatic carbocycles. The Bertz CT molecular complexity index is 1280. The van der Waals surface area contributed by atoms with Crippen LogP contribution in [0.25, 0.3) is 27.8 Å². The van der Waals surface area contributed by atoms with Gasteiger partial charge in [-0.1, -0.05) is 6.07 Å². The van der Waals surface area contributed by atoms with Crippen molar-refractivity contribution in [3.8, 4) is 5.82 Å². The van der Waals surface area contributed by atoms with Crippen molar-refractivity contribution in [2.45, 2.75) is 0 Å². The third kappa shape index (κ3) is 2.58. The zero-order chi connectivity index (χ0) is 18.2. The van der Waals surface area contributed by atoms with Gasteiger partial charge in [0.25, 0.3) is 5.91 Å². The highest BCUT2D eigenvalue weighted by atomic mass is 16.4. The Morgan fingerprint density at radius 1 is 1.00 bits per heavy atom. The average molecular weight is 357 g/mol. The summed E-state index contributed by atoms with van der Waals surface area (Å²) in [5, 5.41) is 15.5. The Hall–Kier alpha value is -4.14. The number of aromatic nitrogens is 6. The number of carbonyl (C=O) groups excluding carboxylic acids is 1. The molecule has 0 saturated heterocycles. The van der Waals surface area contributed by atoms with Crippen LogP contribution in [0.2, 0.25) is 0 Å². The molecule has 0 bridgehead atoms. The SMILES string of the molecule is O=C(Nc1nc2c(ccc3cccnc32)o1)c1ccnn1-c1cccnn1. The summed E-state index contributed by atoms with van der Waals surface area (Å²) in [7, 11) is 0. The van der Waals surface area contributed by atoms with Gasteiger partial charge >= 0.3 is 6.01 Å². The quantitative estimate of drug-likeness (QED) is 0.528. The van der Waals surface area contributed by atoms with Crippen LogP contribution in [0.1, 0.15) is 10.5 Å². The number of hydrogen-bond acceptors (Lipinski definition) is 7. The predicted molar refractivity (Wildman–Crippen MR) is 96.4 cm³/mol. The first-order valence-corrected chi connectivity index (χ1v) is 8.07. The van der Waals surface area contributed by atoms with Crippen LogP contribution in [0, 0.1) is 0 Å². The fourth-order valence-electron chi connectivity index (χ4n) is 2.81. The molecule has 5 rings (SSSR count). The van der Waals surface area contributed by atoms with Crippen LogP contribution in [0.15, 0.2) is 65.5 Å². The molecule has 5 aromatic rings. The van der Waals surface area contributed by atoms with Crippen LogP contribution in [-0.2, 0) is 0 Å². The number of fused-ring (bicyclic) bond motifs is 3. The number of anilines is 1. The summed E-state index contributed by atoms with van der Waals surface area (Å²) < 4.78 is 7.04. The molecule has 1 N–H and O–H groups in total. The molecule has 0 fully saturated rings. The molecule has 130 valence electrons. The molecule has 0 atom stereocenters. The highest BCUT2D eigenvalue weighted by Gasteiger charge is 2.18. The van der Waals surface area contributed by atoms with Gasteiger partial charge in [0.05, 0.1) is 11.7 Å². The molecule has 0 spiro atoms. The molecular formula is C18H11N7O2. The molecule has 0 unspecified atom stereocenters. The number of oxazole rings is 1. The maximum absolute atomic E-state index is 12.7. The molecule has 27 heavy (non-hydrogen) atoms. The number of nitrogens with one attached hydrogen (secondary N) is 1. The number of hydrogen-bond donors (Lipinski definition) is 1. The Morgan fingerprint density at radius 3 is 2.81 bits per heavy atom. The minimum absolute atomic E-state index is 0.0834. The van der Waals surface area contributed by atoms with Gasteiger partial charge < -0.3 is 4.42 Å². The summed E-state index contributed by atoms with van der Waals surface area (Å²) >= 11 is 0. The second-order valence-corrected chi connectivity index (χ2v) is 5.67. The van der Waals surface area contributed by atoms with Crippen LogP contribution in [0.5, 0.6) is 0 Å². The van der Waals surface area contributed by atoms with E-state index in [0.29, 0.717) is 22.4 Å². The summed E-state index contributed by atoms with van der Waals surface area (Å²) in [6.45, 7) is 0. The first kappa shape index (κ1) is 15.1. The van der Waals surface area contributed by atoms with Crippen LogP contribution in [-0.4, -0.2) is 35.9 Å². The molecule has 0 radical (unpaired) electrons. The molecule has 4 heterocycles. The lowest BCUT2D eigenvalue weighted by atomic mass is 10.2. The normalized spacial score (nSPS) is 11.1. The number of carbonyl (C=O) groups is 1. The van der Waals surface area contributed by atoms with Crippen LogP contribution in [0.3, 0.4) is 0 Å². The van der Waals surface area contributed by atoms with E-state index in [-0.39, 0.29) is 11.7 Å². The highest BCUT2D eigenvalue weighted by Crippen LogP contribution is 2.26. The van der Waals surface area contributed by atoms with E-state index in [9.17, 15) is 4.79 Å². The highest BCUT2D eigenvalue weighted by molar-refractivity contribution is 6.04. The summed E-state index contributed by atoms with van der Waals surface area (Å²) in [4.78, 5) is 21.4. The second-order valence-electron chi connectivity index (χ2n) is 5.67. The standard InChI is InChI=1S/C18H11N7O2/c26-17(12-7-10-21-25(12)14-4-2-9-20-24-14)23-18-22-16-13(27-18)6-5-11-3-1-8-19-15(11)16/h1-10H,(H,22,23,26). The molecule has 9 nitrogen and oxygen atoms in total. The van der Waals surface area contributed by atoms with E-state index >= 15 is 0 Å². The average Bonchev–Trinajstić information content (AvgIpc) is 3.35. The van der Waals surface area contributed by atoms with Gasteiger partial charge in [0.2, 0.25) is 0 Å². The van der Waals surface area contributed by atoms with E-state index in [0.717, 1.165) is 5.39 Å². The third-order valence-electron chi connectivity index (χ3n) is 4.00. The molecular weight excluding hydrogens is 346 g/mol. The maximum Gasteiger partial charge on any atom is 0.302 e. The smallest absolute Gasteiger partial charge is 0.302 e. The molecule has 0 saturated carbocycles. The Labute approximate surface area is 151 Å². The van der Waals surface area contributed by atoms with Gasteiger partial charge in [0.1, 0.15) is 11.2 Å². The Morgan fingerprint density at radius 2 is 1.93 bits per heavy atom. The lowest BCUT2D eigenvalue weighted by Gasteiger charge is -2.04. The fourth-order valence-corrected chi connectivity index (χ4v) is 2.81. The Kier molecular flexibility index (Phi) is 3.36. The molecule has 9 heteroatoms. The topological polar surface area (TPSA) is 112 Å². The van der Waals surface area contributed by atoms with Gasteiger partial charge in [-0.25, -0.2) is 4.68 Å². The third-order valence-corrected chi connectivity index (χ3v) is 4.00. The fraction of sp³-hybridized carbons (Fsp3) is 0. The van der Waals surface area contributed by atoms with Crippen molar-refractivity contribution in [3.05, 3.63) is 66.7 Å². The van der Waals surface area contributed by atoms with Crippen LogP contribution >= 0.6 is 0 Å². The van der Waals surface area contributed by atoms with Gasteiger partial charge in [-0.3, -0.25) is 15.1 Å². The Balaban J connectivity index is 1.50. The van der Waals surface area contributed by atoms with Crippen LogP contribution < -0.4 is 5.32 Å². The van der Waals surface area contributed by atoms with E-state index in [1.165, 1.54) is 10.9 Å². The monoisotopic (exact) mass is 357 g/mol. The summed E-state index contributed by atoms with van der Waals surface area (Å²) in [6, 6.07) is 12.6. The van der Waals surface area contributed by atoms with Gasteiger partial charge in [0, 0.05) is 17.8 Å². The summed E-state index contributed by atoms with van der Waals surface area (Å²) in [5.41, 5.74) is 2.12. The molecule has 1 amide bonds. The molecule has 4 aromatic heterocycles. The second kappa shape index (κ2) is 5.99. The zero-order valence-corrected chi connectivity index (χ0v) is 13.8. The van der Waals surface area contributed by atoms with E-state index in [2.05, 4.69) is 30.6 Å². The number of amides is 1. The summed E-state index contributed by atoms with van der Waals surface area (Å²) in [5.74, 6) is 0.00221. The number of pyridine rings is 1. The van der Waals surface area contributed by atoms with Crippen molar-refractivity contribution in [3.63, 3.8) is 0 Å². The zero-order valence-electron chi connectivity index (χ0n) is 13.8. The molecule has 1 aromatic carbocycles. The predicted octanol–water partition coefficient (Wildman–Crippen LogP) is 2.60. The maximum atomic E-state index is 12.7. The molecule has 0 aliphatic heterocycles. The van der Waals surface area contributed by atoms with Crippen LogP contribution in [0.4, 0.5) is 6.01 Å². The van der Waals surface area contributed by atoms with Crippen molar-refractivity contribution in [2.75, 3.05) is 5.32 Å². The minimum atomic E-state index is -0.429. The lowest BCUT2D eigenvalue weighted by Crippen LogP contribution is -2.17. The van der Waals surface area contributed by atoms with E-state index in [1.807, 2.05) is 18.2 Å². The lowest BCUT2D eigenvalue weighted by molar-refractivity contribution is 0.101. The van der Waals surface area contributed by atoms with Gasteiger partial charge in [-0.2, -0.15) is 15.2 Å². The van der Waals surface area contributed by atoms with Gasteiger partial charge in [-0.05, 0) is 36.4 Å². The minimum Gasteiger partial charge on any atom is -0.423 e. The number of rotatable bonds is 3. The van der Waals surface area contributed by atoms with Crippen molar-refractivity contribution in [2.24, 2.45) is 0 Å². The number of nitrogens with zero attached hydrogens (tertiary/aromatic N) is 6. The van der Waals surface area contributed by atoms with Gasteiger partial charge in [-0.15, -0.1) is 5.10 Å². The van der Waals surface area contributed by atoms with Crippen molar-refractivity contribution >= 4 is 33.9 Å². The largest absolute Gasteiger partial charge is 0.423 e. The van der Waals surface area contributed by atoms with Crippen molar-refractivity contribution < 1.29 is 9.21 Å². The van der Waals surface area contributed by atoms with E-state index in [1.54, 1.807) is 36.7 Å². The van der Waals surface area contributed by atoms with Crippen molar-refractivity contribution in [1.29, 1.82) is 0 Å². The summed E-state index contributed by atoms with van der Waals surface area (Å²) in [6.07, 6.45) is 4.74.